The van der Waals surface area contributed by atoms with E-state index >= 15 is 0 Å². The molecule has 2 nitrogen and oxygen atoms in total. The number of hydrogen-bond acceptors (Lipinski definition) is 2. The van der Waals surface area contributed by atoms with Gasteiger partial charge in [-0.25, -0.2) is 0 Å². The first kappa shape index (κ1) is 13.3. The van der Waals surface area contributed by atoms with Crippen LogP contribution in [0.5, 0.6) is 5.75 Å². The van der Waals surface area contributed by atoms with Gasteiger partial charge in [-0.15, -0.1) is 0 Å². The van der Waals surface area contributed by atoms with E-state index in [2.05, 4.69) is 13.8 Å². The van der Waals surface area contributed by atoms with Crippen molar-refractivity contribution in [1.82, 2.24) is 0 Å². The lowest BCUT2D eigenvalue weighted by atomic mass is 9.68. The molecule has 1 aromatic rings. The molecule has 1 atom stereocenters. The smallest absolute Gasteiger partial charge is 0.125 e. The molecule has 19 heavy (non-hydrogen) atoms. The SMILES string of the molecule is CC1(C)CCC2(CC1)CC(N)c1cc(Cl)ccc1O2. The molecular formula is C16H22ClNO. The molecule has 104 valence electrons. The average molecular weight is 280 g/mol. The lowest BCUT2D eigenvalue weighted by molar-refractivity contribution is -0.0259. The minimum Gasteiger partial charge on any atom is -0.487 e. The maximum atomic E-state index is 6.35. The number of fused-ring (bicyclic) bond motifs is 1. The number of halogens is 1. The monoisotopic (exact) mass is 279 g/mol. The first-order chi connectivity index (χ1) is 8.89. The van der Waals surface area contributed by atoms with Gasteiger partial charge in [-0.05, 0) is 49.3 Å². The van der Waals surface area contributed by atoms with Gasteiger partial charge in [0.2, 0.25) is 0 Å². The molecule has 1 saturated carbocycles. The van der Waals surface area contributed by atoms with Crippen LogP contribution in [0.3, 0.4) is 0 Å². The van der Waals surface area contributed by atoms with Crippen LogP contribution in [0.1, 0.15) is 57.6 Å². The Labute approximate surface area is 120 Å². The molecule has 2 N–H and O–H groups in total. The van der Waals surface area contributed by atoms with Crippen LogP contribution >= 0.6 is 11.6 Å². The minimum atomic E-state index is -0.0459. The highest BCUT2D eigenvalue weighted by molar-refractivity contribution is 6.30. The van der Waals surface area contributed by atoms with Crippen LogP contribution in [0.4, 0.5) is 0 Å². The molecule has 0 amide bonds. The van der Waals surface area contributed by atoms with Gasteiger partial charge in [0.15, 0.2) is 0 Å². The van der Waals surface area contributed by atoms with E-state index in [1.165, 1.54) is 12.8 Å². The van der Waals surface area contributed by atoms with Crippen molar-refractivity contribution in [3.8, 4) is 5.75 Å². The molecule has 1 aliphatic carbocycles. The molecule has 1 fully saturated rings. The van der Waals surface area contributed by atoms with Crippen LogP contribution in [-0.4, -0.2) is 5.60 Å². The first-order valence-electron chi connectivity index (χ1n) is 7.13. The van der Waals surface area contributed by atoms with Gasteiger partial charge in [0, 0.05) is 23.0 Å². The largest absolute Gasteiger partial charge is 0.487 e. The Hall–Kier alpha value is -0.730. The summed E-state index contributed by atoms with van der Waals surface area (Å²) in [7, 11) is 0. The summed E-state index contributed by atoms with van der Waals surface area (Å²) in [5.74, 6) is 0.933. The zero-order valence-corrected chi connectivity index (χ0v) is 12.5. The number of hydrogen-bond donors (Lipinski definition) is 1. The fourth-order valence-electron chi connectivity index (χ4n) is 3.38. The lowest BCUT2D eigenvalue weighted by Crippen LogP contribution is -2.46. The standard InChI is InChI=1S/C16H22ClNO/c1-15(2)5-7-16(8-6-15)10-13(18)12-9-11(17)3-4-14(12)19-16/h3-4,9,13H,5-8,10,18H2,1-2H3. The maximum Gasteiger partial charge on any atom is 0.125 e. The third-order valence-corrected chi connectivity index (χ3v) is 5.04. The van der Waals surface area contributed by atoms with Gasteiger partial charge in [-0.1, -0.05) is 25.4 Å². The molecule has 1 aliphatic heterocycles. The van der Waals surface area contributed by atoms with E-state index in [4.69, 9.17) is 22.1 Å². The second-order valence-corrected chi connectivity index (χ2v) is 7.38. The third kappa shape index (κ3) is 2.48. The lowest BCUT2D eigenvalue weighted by Gasteiger charge is -2.47. The molecule has 3 rings (SSSR count). The van der Waals surface area contributed by atoms with E-state index in [1.54, 1.807) is 0 Å². The van der Waals surface area contributed by atoms with Crippen molar-refractivity contribution in [2.75, 3.05) is 0 Å². The second kappa shape index (κ2) is 4.39. The normalized spacial score (nSPS) is 27.7. The summed E-state index contributed by atoms with van der Waals surface area (Å²) in [4.78, 5) is 0. The van der Waals surface area contributed by atoms with Crippen LogP contribution in [0.15, 0.2) is 18.2 Å². The Bertz CT molecular complexity index is 488. The first-order valence-corrected chi connectivity index (χ1v) is 7.51. The zero-order chi connectivity index (χ0) is 13.7. The second-order valence-electron chi connectivity index (χ2n) is 6.94. The molecule has 0 radical (unpaired) electrons. The molecule has 1 unspecified atom stereocenters. The zero-order valence-electron chi connectivity index (χ0n) is 11.7. The van der Waals surface area contributed by atoms with Gasteiger partial charge < -0.3 is 10.5 Å². The average Bonchev–Trinajstić information content (AvgIpc) is 2.35. The summed E-state index contributed by atoms with van der Waals surface area (Å²) in [6.07, 6.45) is 5.55. The molecule has 1 heterocycles. The van der Waals surface area contributed by atoms with Crippen molar-refractivity contribution >= 4 is 11.6 Å². The predicted octanol–water partition coefficient (Wildman–Crippen LogP) is 4.46. The number of benzene rings is 1. The molecule has 0 bridgehead atoms. The van der Waals surface area contributed by atoms with Crippen molar-refractivity contribution < 1.29 is 4.74 Å². The molecule has 0 aromatic heterocycles. The molecule has 1 spiro atoms. The minimum absolute atomic E-state index is 0.0451. The summed E-state index contributed by atoms with van der Waals surface area (Å²) in [5.41, 5.74) is 7.81. The van der Waals surface area contributed by atoms with E-state index in [0.717, 1.165) is 35.6 Å². The molecule has 1 aromatic carbocycles. The highest BCUT2D eigenvalue weighted by Gasteiger charge is 2.44. The highest BCUT2D eigenvalue weighted by atomic mass is 35.5. The van der Waals surface area contributed by atoms with Crippen LogP contribution in [0.2, 0.25) is 5.02 Å². The van der Waals surface area contributed by atoms with Gasteiger partial charge in [-0.3, -0.25) is 0 Å². The Morgan fingerprint density at radius 2 is 1.89 bits per heavy atom. The summed E-state index contributed by atoms with van der Waals surface area (Å²) < 4.78 is 6.34. The number of nitrogens with two attached hydrogens (primary N) is 1. The van der Waals surface area contributed by atoms with Crippen molar-refractivity contribution in [2.24, 2.45) is 11.1 Å². The highest BCUT2D eigenvalue weighted by Crippen LogP contribution is 2.49. The number of rotatable bonds is 0. The molecule has 2 aliphatic rings. The van der Waals surface area contributed by atoms with Crippen molar-refractivity contribution in [2.45, 2.75) is 57.6 Å². The van der Waals surface area contributed by atoms with E-state index in [1.807, 2.05) is 18.2 Å². The third-order valence-electron chi connectivity index (χ3n) is 4.80. The van der Waals surface area contributed by atoms with Gasteiger partial charge in [0.25, 0.3) is 0 Å². The Balaban J connectivity index is 1.87. The molecule has 3 heteroatoms. The van der Waals surface area contributed by atoms with Crippen LogP contribution in [0.25, 0.3) is 0 Å². The molecular weight excluding hydrogens is 258 g/mol. The van der Waals surface area contributed by atoms with Gasteiger partial charge in [-0.2, -0.15) is 0 Å². The summed E-state index contributed by atoms with van der Waals surface area (Å²) in [6.45, 7) is 4.69. The van der Waals surface area contributed by atoms with Crippen LogP contribution < -0.4 is 10.5 Å². The quantitative estimate of drug-likeness (QED) is 0.761. The Morgan fingerprint density at radius 3 is 2.58 bits per heavy atom. The van der Waals surface area contributed by atoms with Crippen LogP contribution in [-0.2, 0) is 0 Å². The van der Waals surface area contributed by atoms with Crippen molar-refractivity contribution in [3.05, 3.63) is 28.8 Å². The summed E-state index contributed by atoms with van der Waals surface area (Å²) >= 11 is 6.05. The predicted molar refractivity (Wildman–Crippen MR) is 78.6 cm³/mol. The summed E-state index contributed by atoms with van der Waals surface area (Å²) in [5, 5.41) is 0.735. The fourth-order valence-corrected chi connectivity index (χ4v) is 3.56. The fraction of sp³-hybridized carbons (Fsp3) is 0.625. The van der Waals surface area contributed by atoms with Crippen molar-refractivity contribution in [3.63, 3.8) is 0 Å². The summed E-state index contributed by atoms with van der Waals surface area (Å²) in [6, 6.07) is 5.85. The van der Waals surface area contributed by atoms with Gasteiger partial charge in [0.05, 0.1) is 0 Å². The van der Waals surface area contributed by atoms with E-state index in [-0.39, 0.29) is 11.6 Å². The Kier molecular flexibility index (Phi) is 3.06. The van der Waals surface area contributed by atoms with E-state index < -0.39 is 0 Å². The van der Waals surface area contributed by atoms with Gasteiger partial charge in [0.1, 0.15) is 11.4 Å². The maximum absolute atomic E-state index is 6.35. The van der Waals surface area contributed by atoms with Gasteiger partial charge >= 0.3 is 0 Å². The van der Waals surface area contributed by atoms with Crippen LogP contribution in [0, 0.1) is 5.41 Å². The van der Waals surface area contributed by atoms with Crippen molar-refractivity contribution in [1.29, 1.82) is 0 Å². The number of ether oxygens (including phenoxy) is 1. The van der Waals surface area contributed by atoms with E-state index in [9.17, 15) is 0 Å². The molecule has 0 saturated heterocycles. The topological polar surface area (TPSA) is 35.2 Å². The Morgan fingerprint density at radius 1 is 1.21 bits per heavy atom. The van der Waals surface area contributed by atoms with E-state index in [0.29, 0.717) is 5.41 Å².